The number of methoxy groups -OCH3 is 1. The maximum Gasteiger partial charge on any atom is 0.165 e. The number of hydrogen-bond donors (Lipinski definition) is 2. The number of hydrogen-bond acceptors (Lipinski definition) is 6. The molecule has 2 N–H and O–H groups in total. The van der Waals surface area contributed by atoms with Crippen LogP contribution in [0.3, 0.4) is 0 Å². The predicted octanol–water partition coefficient (Wildman–Crippen LogP) is 5.06. The van der Waals surface area contributed by atoms with Crippen molar-refractivity contribution in [1.82, 2.24) is 4.90 Å². The van der Waals surface area contributed by atoms with Gasteiger partial charge in [-0.25, -0.2) is 0 Å². The fourth-order valence-corrected chi connectivity index (χ4v) is 10.8. The molecule has 0 radical (unpaired) electrons. The van der Waals surface area contributed by atoms with E-state index < -0.39 is 11.2 Å². The predicted molar refractivity (Wildman–Crippen MR) is 143 cm³/mol. The van der Waals surface area contributed by atoms with E-state index in [2.05, 4.69) is 35.4 Å². The standard InChI is InChI=1S/C31H39NO4S/c1-28(34,10-9-21-4-3-15-37-21)23-17-29-11-12-31(23,35-2)27-30(29)13-14-32(18-19-5-6-19)24(29)16-20-7-8-22(33)26(36-27)25(20)30/h3-4,7-8,15,19,23-24,27,33-34H,5-6,9-14,16-18H2,1-2H3/t23-,24-,27-,28?,29+,30-,31-/m1/s1. The lowest BCUT2D eigenvalue weighted by Gasteiger charge is -2.75. The van der Waals surface area contributed by atoms with Crippen molar-refractivity contribution < 1.29 is 19.7 Å². The molecule has 0 amide bonds. The summed E-state index contributed by atoms with van der Waals surface area (Å²) in [4.78, 5) is 4.16. The van der Waals surface area contributed by atoms with E-state index in [1.54, 1.807) is 11.3 Å². The van der Waals surface area contributed by atoms with Crippen LogP contribution in [0.4, 0.5) is 0 Å². The molecule has 198 valence electrons. The number of nitrogens with zero attached hydrogens (tertiary/aromatic N) is 1. The highest BCUT2D eigenvalue weighted by Gasteiger charge is 2.81. The molecule has 1 aromatic carbocycles. The van der Waals surface area contributed by atoms with Crippen LogP contribution in [0.5, 0.6) is 11.5 Å². The monoisotopic (exact) mass is 521 g/mol. The molecule has 5 nitrogen and oxygen atoms in total. The maximum atomic E-state index is 12.3. The lowest BCUT2D eigenvalue weighted by atomic mass is 9.33. The van der Waals surface area contributed by atoms with Gasteiger partial charge in [0.2, 0.25) is 0 Å². The number of rotatable bonds is 7. The Bertz CT molecular complexity index is 1240. The quantitative estimate of drug-likeness (QED) is 0.533. The highest BCUT2D eigenvalue weighted by molar-refractivity contribution is 7.09. The number of phenolic OH excluding ortho intramolecular Hbond substituents is 1. The molecule has 2 spiro atoms. The van der Waals surface area contributed by atoms with Gasteiger partial charge in [0.05, 0.1) is 5.60 Å². The zero-order valence-electron chi connectivity index (χ0n) is 22.0. The topological polar surface area (TPSA) is 62.2 Å². The highest BCUT2D eigenvalue weighted by Crippen LogP contribution is 2.77. The first-order valence-corrected chi connectivity index (χ1v) is 15.3. The van der Waals surface area contributed by atoms with Gasteiger partial charge in [0.25, 0.3) is 0 Å². The van der Waals surface area contributed by atoms with Crippen LogP contribution < -0.4 is 4.74 Å². The van der Waals surface area contributed by atoms with Crippen LogP contribution in [0.25, 0.3) is 0 Å². The van der Waals surface area contributed by atoms with E-state index in [9.17, 15) is 10.2 Å². The molecule has 7 aliphatic rings. The maximum absolute atomic E-state index is 12.3. The number of aromatic hydroxyl groups is 1. The average Bonchev–Trinajstić information content (AvgIpc) is 3.40. The van der Waals surface area contributed by atoms with Gasteiger partial charge in [0.1, 0.15) is 11.7 Å². The molecule has 1 unspecified atom stereocenters. The minimum absolute atomic E-state index is 0.0155. The third-order valence-corrected chi connectivity index (χ3v) is 12.8. The first-order valence-electron chi connectivity index (χ1n) is 14.4. The Morgan fingerprint density at radius 3 is 2.84 bits per heavy atom. The summed E-state index contributed by atoms with van der Waals surface area (Å²) in [6, 6.07) is 8.75. The normalized spacial score (nSPS) is 40.8. The molecule has 4 saturated carbocycles. The van der Waals surface area contributed by atoms with Gasteiger partial charge in [-0.15, -0.1) is 11.3 Å². The summed E-state index contributed by atoms with van der Waals surface area (Å²) in [6.07, 6.45) is 9.25. The summed E-state index contributed by atoms with van der Waals surface area (Å²) < 4.78 is 13.5. The fourth-order valence-electron chi connectivity index (χ4n) is 10.1. The Kier molecular flexibility index (Phi) is 4.74. The third kappa shape index (κ3) is 2.81. The van der Waals surface area contributed by atoms with Crippen molar-refractivity contribution in [3.8, 4) is 11.5 Å². The number of piperidine rings is 1. The zero-order chi connectivity index (χ0) is 25.2. The Morgan fingerprint density at radius 1 is 1.22 bits per heavy atom. The number of aryl methyl sites for hydroxylation is 1. The molecular formula is C31H39NO4S. The Hall–Kier alpha value is -1.60. The summed E-state index contributed by atoms with van der Waals surface area (Å²) in [5, 5.41) is 25.4. The van der Waals surface area contributed by atoms with E-state index in [-0.39, 0.29) is 28.6 Å². The van der Waals surface area contributed by atoms with Crippen molar-refractivity contribution in [2.45, 2.75) is 93.5 Å². The summed E-state index contributed by atoms with van der Waals surface area (Å²) in [7, 11) is 1.84. The fraction of sp³-hybridized carbons (Fsp3) is 0.677. The van der Waals surface area contributed by atoms with Crippen molar-refractivity contribution in [3.05, 3.63) is 45.6 Å². The minimum Gasteiger partial charge on any atom is -0.504 e. The second-order valence-electron chi connectivity index (χ2n) is 13.3. The van der Waals surface area contributed by atoms with Crippen molar-refractivity contribution in [3.63, 3.8) is 0 Å². The molecule has 3 heterocycles. The van der Waals surface area contributed by atoms with E-state index in [0.717, 1.165) is 57.4 Å². The molecule has 5 aliphatic carbocycles. The molecule has 37 heavy (non-hydrogen) atoms. The van der Waals surface area contributed by atoms with Crippen LogP contribution in [-0.4, -0.2) is 58.7 Å². The van der Waals surface area contributed by atoms with E-state index in [1.807, 2.05) is 13.2 Å². The van der Waals surface area contributed by atoms with Gasteiger partial charge in [0.15, 0.2) is 11.5 Å². The highest BCUT2D eigenvalue weighted by atomic mass is 32.1. The number of likely N-dealkylation sites (tertiary alicyclic amines) is 1. The summed E-state index contributed by atoms with van der Waals surface area (Å²) in [5.41, 5.74) is 1.11. The van der Waals surface area contributed by atoms with Crippen molar-refractivity contribution in [1.29, 1.82) is 0 Å². The molecule has 1 aromatic heterocycles. The second kappa shape index (κ2) is 7.53. The zero-order valence-corrected chi connectivity index (χ0v) is 22.9. The Balaban J connectivity index is 1.28. The van der Waals surface area contributed by atoms with Gasteiger partial charge >= 0.3 is 0 Å². The lowest BCUT2D eigenvalue weighted by Crippen LogP contribution is -2.82. The van der Waals surface area contributed by atoms with E-state index in [0.29, 0.717) is 11.8 Å². The van der Waals surface area contributed by atoms with Gasteiger partial charge in [-0.3, -0.25) is 4.90 Å². The smallest absolute Gasteiger partial charge is 0.165 e. The molecule has 5 fully saturated rings. The van der Waals surface area contributed by atoms with Gasteiger partial charge in [0, 0.05) is 46.9 Å². The largest absolute Gasteiger partial charge is 0.504 e. The minimum atomic E-state index is -0.870. The van der Waals surface area contributed by atoms with Gasteiger partial charge in [-0.05, 0) is 100 Å². The number of phenols is 1. The molecule has 6 heteroatoms. The Labute approximate surface area is 223 Å². The Morgan fingerprint density at radius 2 is 2.08 bits per heavy atom. The summed E-state index contributed by atoms with van der Waals surface area (Å²) >= 11 is 1.77. The summed E-state index contributed by atoms with van der Waals surface area (Å²) in [5.74, 6) is 1.82. The number of aliphatic hydroxyl groups is 1. The third-order valence-electron chi connectivity index (χ3n) is 11.9. The number of ether oxygens (including phenoxy) is 2. The van der Waals surface area contributed by atoms with Crippen LogP contribution in [0.15, 0.2) is 29.6 Å². The molecule has 1 saturated heterocycles. The number of fused-ring (bicyclic) bond motifs is 2. The molecule has 2 aliphatic heterocycles. The van der Waals surface area contributed by atoms with Crippen molar-refractivity contribution >= 4 is 11.3 Å². The SMILES string of the molecule is CO[C@]12CC[C@]3(C[C@@H]1C(C)(O)CCc1cccs1)[C@H]1Cc4ccc(O)c5c4[C@]3(CCN1CC1CC1)[C@H]2O5. The van der Waals surface area contributed by atoms with Crippen molar-refractivity contribution in [2.75, 3.05) is 20.2 Å². The second-order valence-corrected chi connectivity index (χ2v) is 14.4. The van der Waals surface area contributed by atoms with E-state index >= 15 is 0 Å². The van der Waals surface area contributed by atoms with Gasteiger partial charge in [-0.2, -0.15) is 0 Å². The molecule has 9 rings (SSSR count). The number of thiophene rings is 1. The van der Waals surface area contributed by atoms with Crippen LogP contribution >= 0.6 is 11.3 Å². The van der Waals surface area contributed by atoms with E-state index in [1.165, 1.54) is 35.4 Å². The number of benzene rings is 1. The van der Waals surface area contributed by atoms with Crippen LogP contribution in [0.2, 0.25) is 0 Å². The first-order chi connectivity index (χ1) is 17.8. The molecule has 2 aromatic rings. The van der Waals surface area contributed by atoms with Crippen LogP contribution in [0, 0.1) is 17.3 Å². The molecule has 4 bridgehead atoms. The van der Waals surface area contributed by atoms with Crippen molar-refractivity contribution in [2.24, 2.45) is 17.3 Å². The lowest BCUT2D eigenvalue weighted by molar-refractivity contribution is -0.302. The van der Waals surface area contributed by atoms with Crippen LogP contribution in [0.1, 0.15) is 67.9 Å². The average molecular weight is 522 g/mol. The molecular weight excluding hydrogens is 482 g/mol. The molecule has 7 atom stereocenters. The van der Waals surface area contributed by atoms with E-state index in [4.69, 9.17) is 9.47 Å². The summed E-state index contributed by atoms with van der Waals surface area (Å²) in [6.45, 7) is 4.36. The van der Waals surface area contributed by atoms with Gasteiger partial charge in [-0.1, -0.05) is 12.1 Å². The van der Waals surface area contributed by atoms with Gasteiger partial charge < -0.3 is 19.7 Å². The first kappa shape index (κ1) is 23.3. The van der Waals surface area contributed by atoms with Crippen LogP contribution in [-0.2, 0) is 23.0 Å².